The summed E-state index contributed by atoms with van der Waals surface area (Å²) in [6.45, 7) is 4.81. The minimum absolute atomic E-state index is 0.117. The predicted molar refractivity (Wildman–Crippen MR) is 243 cm³/mol. The van der Waals surface area contributed by atoms with Crippen LogP contribution in [0.5, 0.6) is 0 Å². The third-order valence-corrected chi connectivity index (χ3v) is 13.8. The van der Waals surface area contributed by atoms with Crippen molar-refractivity contribution >= 4 is 74.6 Å². The lowest BCUT2D eigenvalue weighted by atomic mass is 9.81. The van der Waals surface area contributed by atoms with Crippen molar-refractivity contribution in [1.82, 2.24) is 0 Å². The first-order valence-corrected chi connectivity index (χ1v) is 20.4. The van der Waals surface area contributed by atoms with Gasteiger partial charge < -0.3 is 0 Å². The van der Waals surface area contributed by atoms with E-state index in [9.17, 15) is 0 Å². The molecule has 0 fully saturated rings. The van der Waals surface area contributed by atoms with Crippen LogP contribution < -0.4 is 0 Å². The molecule has 0 radical (unpaired) electrons. The van der Waals surface area contributed by atoms with E-state index in [-0.39, 0.29) is 5.41 Å². The van der Waals surface area contributed by atoms with Gasteiger partial charge in [0.25, 0.3) is 0 Å². The minimum Gasteiger partial charge on any atom is -0.134 e. The molecule has 0 atom stereocenters. The van der Waals surface area contributed by atoms with Crippen LogP contribution in [0.3, 0.4) is 0 Å². The van der Waals surface area contributed by atoms with E-state index < -0.39 is 0 Å². The molecule has 0 bridgehead atoms. The van der Waals surface area contributed by atoms with E-state index in [0.717, 1.165) is 0 Å². The van der Waals surface area contributed by atoms with Gasteiger partial charge in [-0.2, -0.15) is 0 Å². The number of thiophene rings is 1. The van der Waals surface area contributed by atoms with Crippen LogP contribution in [-0.2, 0) is 5.41 Å². The Labute approximate surface area is 329 Å². The number of benzene rings is 10. The molecule has 1 heterocycles. The van der Waals surface area contributed by atoms with Crippen molar-refractivity contribution in [2.45, 2.75) is 19.3 Å². The van der Waals surface area contributed by atoms with E-state index in [1.54, 1.807) is 0 Å². The summed E-state index contributed by atoms with van der Waals surface area (Å²) in [6.07, 6.45) is 0. The van der Waals surface area contributed by atoms with E-state index in [1.165, 1.54) is 119 Å². The summed E-state index contributed by atoms with van der Waals surface area (Å²) in [5.74, 6) is 0. The standard InChI is InChI=1S/C55H36S/c1-55(2)47-29-28-46-52-39-19-6-4-14-34(39)26-30-49(52)56-54(46)53(47)45-27-25-36(32-48(45)55)35-16-11-17-37(31-35)50-41-20-7-9-22-43(41)51(44-23-10-8-21-42(44)50)40-24-12-15-33-13-3-5-18-38(33)40/h3-32H,1-2H3. The van der Waals surface area contributed by atoms with Crippen LogP contribution in [0, 0.1) is 0 Å². The second kappa shape index (κ2) is 11.7. The van der Waals surface area contributed by atoms with E-state index in [1.807, 2.05) is 11.3 Å². The van der Waals surface area contributed by atoms with E-state index in [0.29, 0.717) is 0 Å². The Morgan fingerprint density at radius 3 is 1.70 bits per heavy atom. The number of rotatable bonds is 3. The normalized spacial score (nSPS) is 13.3. The molecule has 1 heteroatoms. The highest BCUT2D eigenvalue weighted by Gasteiger charge is 2.37. The molecule has 1 aliphatic rings. The zero-order chi connectivity index (χ0) is 37.1. The predicted octanol–water partition coefficient (Wildman–Crippen LogP) is 16.0. The Morgan fingerprint density at radius 1 is 0.357 bits per heavy atom. The molecule has 0 unspecified atom stereocenters. The van der Waals surface area contributed by atoms with Crippen LogP contribution in [0.4, 0.5) is 0 Å². The summed E-state index contributed by atoms with van der Waals surface area (Å²) < 4.78 is 2.76. The van der Waals surface area contributed by atoms with E-state index in [4.69, 9.17) is 0 Å². The molecule has 0 N–H and O–H groups in total. The van der Waals surface area contributed by atoms with Gasteiger partial charge in [0.2, 0.25) is 0 Å². The third kappa shape index (κ3) is 4.41. The van der Waals surface area contributed by atoms with Crippen molar-refractivity contribution in [3.05, 3.63) is 193 Å². The van der Waals surface area contributed by atoms with Gasteiger partial charge >= 0.3 is 0 Å². The second-order valence-electron chi connectivity index (χ2n) is 16.0. The van der Waals surface area contributed by atoms with Gasteiger partial charge in [-0.25, -0.2) is 0 Å². The number of hydrogen-bond donors (Lipinski definition) is 0. The van der Waals surface area contributed by atoms with Crippen LogP contribution >= 0.6 is 11.3 Å². The average molecular weight is 729 g/mol. The van der Waals surface area contributed by atoms with Crippen LogP contribution in [0.1, 0.15) is 25.0 Å². The summed E-state index contributed by atoms with van der Waals surface area (Å²) >= 11 is 1.95. The molecule has 0 saturated heterocycles. The molecule has 10 aromatic carbocycles. The summed E-state index contributed by atoms with van der Waals surface area (Å²) in [7, 11) is 0. The highest BCUT2D eigenvalue weighted by atomic mass is 32.1. The Morgan fingerprint density at radius 2 is 0.946 bits per heavy atom. The van der Waals surface area contributed by atoms with Gasteiger partial charge in [0.1, 0.15) is 0 Å². The highest BCUT2D eigenvalue weighted by molar-refractivity contribution is 7.26. The molecule has 12 rings (SSSR count). The number of hydrogen-bond acceptors (Lipinski definition) is 1. The van der Waals surface area contributed by atoms with Crippen molar-refractivity contribution in [2.75, 3.05) is 0 Å². The van der Waals surface area contributed by atoms with E-state index >= 15 is 0 Å². The molecule has 262 valence electrons. The second-order valence-corrected chi connectivity index (χ2v) is 17.0. The summed E-state index contributed by atoms with van der Waals surface area (Å²) in [5, 5.41) is 13.0. The Kier molecular flexibility index (Phi) is 6.66. The van der Waals surface area contributed by atoms with Gasteiger partial charge in [-0.1, -0.05) is 178 Å². The molecule has 1 aromatic heterocycles. The quantitative estimate of drug-likeness (QED) is 0.159. The Bertz CT molecular complexity index is 3390. The smallest absolute Gasteiger partial charge is 0.0437 e. The van der Waals surface area contributed by atoms with Gasteiger partial charge in [0.15, 0.2) is 0 Å². The molecule has 56 heavy (non-hydrogen) atoms. The third-order valence-electron chi connectivity index (χ3n) is 12.6. The van der Waals surface area contributed by atoms with Gasteiger partial charge in [0.05, 0.1) is 0 Å². The van der Waals surface area contributed by atoms with Crippen molar-refractivity contribution in [3.8, 4) is 44.5 Å². The van der Waals surface area contributed by atoms with Crippen molar-refractivity contribution in [2.24, 2.45) is 0 Å². The summed E-state index contributed by atoms with van der Waals surface area (Å²) in [4.78, 5) is 0. The zero-order valence-corrected chi connectivity index (χ0v) is 32.0. The molecule has 0 spiro atoms. The summed E-state index contributed by atoms with van der Waals surface area (Å²) in [6, 6.07) is 68.1. The topological polar surface area (TPSA) is 0 Å². The molecule has 0 amide bonds. The number of fused-ring (bicyclic) bond motifs is 12. The molecular formula is C55H36S. The first kappa shape index (κ1) is 31.8. The zero-order valence-electron chi connectivity index (χ0n) is 31.2. The van der Waals surface area contributed by atoms with Crippen LogP contribution in [0.15, 0.2) is 182 Å². The molecule has 0 nitrogen and oxygen atoms in total. The maximum Gasteiger partial charge on any atom is 0.0437 e. The van der Waals surface area contributed by atoms with Gasteiger partial charge in [-0.05, 0) is 111 Å². The Hall–Kier alpha value is -6.54. The molecule has 11 aromatic rings. The average Bonchev–Trinajstić information content (AvgIpc) is 3.74. The van der Waals surface area contributed by atoms with Gasteiger partial charge in [-0.15, -0.1) is 11.3 Å². The lowest BCUT2D eigenvalue weighted by Gasteiger charge is -2.22. The molecule has 0 saturated carbocycles. The lowest BCUT2D eigenvalue weighted by molar-refractivity contribution is 0.661. The fourth-order valence-corrected chi connectivity index (χ4v) is 11.3. The first-order chi connectivity index (χ1) is 27.5. The highest BCUT2D eigenvalue weighted by Crippen LogP contribution is 2.55. The SMILES string of the molecule is CC1(C)c2cc(-c3cccc(-c4c5ccccc5c(-c5cccc6ccccc56)c5ccccc45)c3)ccc2-c2c1ccc1c2sc2ccc3ccccc3c21. The fraction of sp³-hybridized carbons (Fsp3) is 0.0545. The largest absolute Gasteiger partial charge is 0.134 e. The maximum atomic E-state index is 2.48. The van der Waals surface area contributed by atoms with Gasteiger partial charge in [-0.3, -0.25) is 0 Å². The van der Waals surface area contributed by atoms with Crippen molar-refractivity contribution < 1.29 is 0 Å². The van der Waals surface area contributed by atoms with Crippen LogP contribution in [-0.4, -0.2) is 0 Å². The van der Waals surface area contributed by atoms with Gasteiger partial charge in [0, 0.05) is 31.2 Å². The fourth-order valence-electron chi connectivity index (χ4n) is 10.0. The van der Waals surface area contributed by atoms with Crippen molar-refractivity contribution in [1.29, 1.82) is 0 Å². The van der Waals surface area contributed by atoms with E-state index in [2.05, 4.69) is 196 Å². The molecule has 0 aliphatic heterocycles. The molecule has 1 aliphatic carbocycles. The minimum atomic E-state index is -0.117. The first-order valence-electron chi connectivity index (χ1n) is 19.6. The molecular weight excluding hydrogens is 693 g/mol. The van der Waals surface area contributed by atoms with Crippen molar-refractivity contribution in [3.63, 3.8) is 0 Å². The lowest BCUT2D eigenvalue weighted by Crippen LogP contribution is -2.14. The van der Waals surface area contributed by atoms with Crippen LogP contribution in [0.2, 0.25) is 0 Å². The van der Waals surface area contributed by atoms with Crippen LogP contribution in [0.25, 0.3) is 108 Å². The monoisotopic (exact) mass is 728 g/mol. The maximum absolute atomic E-state index is 2.48. The summed E-state index contributed by atoms with van der Waals surface area (Å²) in [5.41, 5.74) is 13.1. The Balaban J connectivity index is 1.03.